The molecule has 2 aromatic heterocycles. The average Bonchev–Trinajstić information content (AvgIpc) is 3.03. The molecule has 1 amide bonds. The maximum absolute atomic E-state index is 14.9. The van der Waals surface area contributed by atoms with Crippen molar-refractivity contribution in [1.29, 1.82) is 0 Å². The predicted molar refractivity (Wildman–Crippen MR) is 120 cm³/mol. The third-order valence-electron chi connectivity index (χ3n) is 6.55. The maximum atomic E-state index is 14.9. The third kappa shape index (κ3) is 3.34. The molecule has 2 saturated heterocycles. The van der Waals surface area contributed by atoms with Crippen LogP contribution in [0.3, 0.4) is 0 Å². The highest BCUT2D eigenvalue weighted by Gasteiger charge is 2.53. The van der Waals surface area contributed by atoms with E-state index in [0.29, 0.717) is 29.5 Å². The van der Waals surface area contributed by atoms with Crippen LogP contribution in [0.1, 0.15) is 39.5 Å². The molecule has 8 nitrogen and oxygen atoms in total. The van der Waals surface area contributed by atoms with Crippen LogP contribution in [0.25, 0.3) is 10.9 Å². The molecule has 2 fully saturated rings. The Kier molecular flexibility index (Phi) is 5.69. The van der Waals surface area contributed by atoms with Crippen LogP contribution in [0.4, 0.5) is 15.0 Å². The largest absolute Gasteiger partial charge is 0.472 e. The van der Waals surface area contributed by atoms with Gasteiger partial charge in [0, 0.05) is 6.54 Å². The highest BCUT2D eigenvalue weighted by Crippen LogP contribution is 2.45. The molecule has 4 atom stereocenters. The Morgan fingerprint density at radius 3 is 2.91 bits per heavy atom. The number of rotatable bonds is 4. The summed E-state index contributed by atoms with van der Waals surface area (Å²) in [7, 11) is 0. The summed E-state index contributed by atoms with van der Waals surface area (Å²) < 4.78 is 26.7. The Morgan fingerprint density at radius 2 is 2.16 bits per heavy atom. The summed E-state index contributed by atoms with van der Waals surface area (Å²) in [6, 6.07) is -0.293. The number of halogens is 2. The minimum atomic E-state index is -0.680. The zero-order valence-electron chi connectivity index (χ0n) is 18.2. The number of amides is 1. The lowest BCUT2D eigenvalue weighted by atomic mass is 9.98. The second kappa shape index (κ2) is 8.37. The first-order valence-electron chi connectivity index (χ1n) is 10.9. The van der Waals surface area contributed by atoms with E-state index in [0.717, 1.165) is 25.7 Å². The second-order valence-electron chi connectivity index (χ2n) is 8.42. The van der Waals surface area contributed by atoms with Gasteiger partial charge in [0.25, 0.3) is 0 Å². The molecule has 0 aromatic carbocycles. The van der Waals surface area contributed by atoms with Crippen molar-refractivity contribution in [2.75, 3.05) is 24.3 Å². The molecular weight excluding hydrogens is 457 g/mol. The van der Waals surface area contributed by atoms with Gasteiger partial charge in [0.2, 0.25) is 5.88 Å². The van der Waals surface area contributed by atoms with Crippen molar-refractivity contribution in [2.45, 2.75) is 68.9 Å². The number of thioether (sulfide) groups is 1. The Balaban J connectivity index is 1.59. The zero-order valence-corrected chi connectivity index (χ0v) is 19.7. The van der Waals surface area contributed by atoms with Crippen molar-refractivity contribution in [3.05, 3.63) is 11.0 Å². The molecule has 5 heterocycles. The molecule has 2 aromatic rings. The van der Waals surface area contributed by atoms with Gasteiger partial charge in [-0.2, -0.15) is 4.98 Å². The lowest BCUT2D eigenvalue weighted by Crippen LogP contribution is -2.65. The van der Waals surface area contributed by atoms with Gasteiger partial charge in [-0.3, -0.25) is 4.90 Å². The van der Waals surface area contributed by atoms with E-state index in [-0.39, 0.29) is 46.9 Å². The van der Waals surface area contributed by atoms with E-state index in [4.69, 9.17) is 26.1 Å². The van der Waals surface area contributed by atoms with Crippen LogP contribution in [0.2, 0.25) is 5.15 Å². The second-order valence-corrected chi connectivity index (χ2v) is 9.55. The van der Waals surface area contributed by atoms with E-state index in [1.165, 1.54) is 11.8 Å². The summed E-state index contributed by atoms with van der Waals surface area (Å²) in [6.45, 7) is 4.98. The fourth-order valence-electron chi connectivity index (χ4n) is 5.15. The van der Waals surface area contributed by atoms with E-state index in [9.17, 15) is 9.18 Å². The fourth-order valence-corrected chi connectivity index (χ4v) is 5.67. The van der Waals surface area contributed by atoms with Gasteiger partial charge < -0.3 is 14.4 Å². The molecule has 0 radical (unpaired) electrons. The van der Waals surface area contributed by atoms with Crippen LogP contribution in [-0.4, -0.2) is 69.6 Å². The van der Waals surface area contributed by atoms with Crippen LogP contribution in [0, 0.1) is 5.82 Å². The highest BCUT2D eigenvalue weighted by atomic mass is 35.5. The van der Waals surface area contributed by atoms with Crippen LogP contribution >= 0.6 is 23.4 Å². The number of pyridine rings is 1. The first-order valence-corrected chi connectivity index (χ1v) is 12.5. The van der Waals surface area contributed by atoms with Crippen molar-refractivity contribution < 1.29 is 18.7 Å². The van der Waals surface area contributed by atoms with E-state index < -0.39 is 5.82 Å². The first kappa shape index (κ1) is 21.8. The van der Waals surface area contributed by atoms with Crippen LogP contribution in [-0.2, 0) is 4.74 Å². The fraction of sp³-hybridized carbons (Fsp3) is 0.619. The Hall–Kier alpha value is -2.07. The summed E-state index contributed by atoms with van der Waals surface area (Å²) in [5, 5.41) is 0.595. The number of carbonyl (C=O) groups excluding carboxylic acids is 1. The standard InChI is InChI=1S/C21H25ClFN5O3S/c1-4-5-8-30-21(29)28-11-6-7-12(28)16-10(2)31-19-13-15(14(23)17(22)25-19)24-20(32-3)26-18(13)27(16)9-11/h10-12,16H,4-9H2,1-3H3/t10-,11+,12-,16+/m0/s1. The van der Waals surface area contributed by atoms with Gasteiger partial charge >= 0.3 is 6.09 Å². The number of hydrogen-bond donors (Lipinski definition) is 0. The van der Waals surface area contributed by atoms with Crippen LogP contribution < -0.4 is 9.64 Å². The van der Waals surface area contributed by atoms with Crippen molar-refractivity contribution in [3.63, 3.8) is 0 Å². The molecule has 0 unspecified atom stereocenters. The highest BCUT2D eigenvalue weighted by molar-refractivity contribution is 7.98. The minimum absolute atomic E-state index is 0.00743. The quantitative estimate of drug-likeness (QED) is 0.277. The third-order valence-corrected chi connectivity index (χ3v) is 7.35. The zero-order chi connectivity index (χ0) is 22.6. The lowest BCUT2D eigenvalue weighted by Gasteiger charge is -2.47. The maximum Gasteiger partial charge on any atom is 0.410 e. The summed E-state index contributed by atoms with van der Waals surface area (Å²) in [6.07, 6.45) is 4.75. The number of unbranched alkanes of at least 4 members (excludes halogenated alkanes) is 1. The Morgan fingerprint density at radius 1 is 1.34 bits per heavy atom. The summed E-state index contributed by atoms with van der Waals surface area (Å²) >= 11 is 7.40. The van der Waals surface area contributed by atoms with E-state index >= 15 is 0 Å². The molecule has 5 rings (SSSR count). The van der Waals surface area contributed by atoms with Gasteiger partial charge in [0.05, 0.1) is 24.7 Å². The number of piperazine rings is 1. The average molecular weight is 482 g/mol. The van der Waals surface area contributed by atoms with E-state index in [1.807, 2.05) is 18.1 Å². The van der Waals surface area contributed by atoms with Gasteiger partial charge in [-0.05, 0) is 32.4 Å². The van der Waals surface area contributed by atoms with Gasteiger partial charge in [-0.1, -0.05) is 36.7 Å². The molecule has 32 heavy (non-hydrogen) atoms. The van der Waals surface area contributed by atoms with E-state index in [1.54, 1.807) is 0 Å². The van der Waals surface area contributed by atoms with E-state index in [2.05, 4.69) is 21.8 Å². The SMILES string of the molecule is CCCCOC(=O)N1[C@@H]2CC[C@H]1[C@H]1[C@H](C)Oc3nc(Cl)c(F)c4nc(SC)nc(c34)N1C2. The normalized spacial score (nSPS) is 26.0. The Labute approximate surface area is 194 Å². The molecular formula is C21H25ClFN5O3S. The number of nitrogens with zero attached hydrogens (tertiary/aromatic N) is 5. The number of ether oxygens (including phenoxy) is 2. The molecule has 0 aliphatic carbocycles. The first-order chi connectivity index (χ1) is 15.4. The van der Waals surface area contributed by atoms with Gasteiger partial charge in [-0.25, -0.2) is 19.2 Å². The molecule has 11 heteroatoms. The minimum Gasteiger partial charge on any atom is -0.472 e. The lowest BCUT2D eigenvalue weighted by molar-refractivity contribution is 0.0494. The van der Waals surface area contributed by atoms with Crippen molar-refractivity contribution in [1.82, 2.24) is 19.9 Å². The van der Waals surface area contributed by atoms with Crippen molar-refractivity contribution in [3.8, 4) is 5.88 Å². The number of aromatic nitrogens is 3. The summed E-state index contributed by atoms with van der Waals surface area (Å²) in [5.74, 6) is 0.131. The Bertz CT molecular complexity index is 1080. The van der Waals surface area contributed by atoms with Gasteiger partial charge in [-0.15, -0.1) is 0 Å². The van der Waals surface area contributed by atoms with Crippen LogP contribution in [0.5, 0.6) is 5.88 Å². The molecule has 172 valence electrons. The van der Waals surface area contributed by atoms with Crippen molar-refractivity contribution in [2.24, 2.45) is 0 Å². The molecule has 2 bridgehead atoms. The molecule has 0 saturated carbocycles. The van der Waals surface area contributed by atoms with Crippen LogP contribution in [0.15, 0.2) is 5.16 Å². The molecule has 3 aliphatic heterocycles. The summed E-state index contributed by atoms with van der Waals surface area (Å²) in [5.41, 5.74) is 0.107. The number of fused-ring (bicyclic) bond motifs is 5. The number of anilines is 1. The van der Waals surface area contributed by atoms with Crippen molar-refractivity contribution >= 4 is 46.2 Å². The van der Waals surface area contributed by atoms with Gasteiger partial charge in [0.1, 0.15) is 22.8 Å². The van der Waals surface area contributed by atoms with Gasteiger partial charge in [0.15, 0.2) is 16.1 Å². The monoisotopic (exact) mass is 481 g/mol. The smallest absolute Gasteiger partial charge is 0.410 e. The number of hydrogen-bond acceptors (Lipinski definition) is 8. The number of carbonyl (C=O) groups is 1. The molecule has 0 N–H and O–H groups in total. The summed E-state index contributed by atoms with van der Waals surface area (Å²) in [4.78, 5) is 30.2. The molecule has 3 aliphatic rings. The topological polar surface area (TPSA) is 80.7 Å². The predicted octanol–water partition coefficient (Wildman–Crippen LogP) is 4.28. The molecule has 0 spiro atoms.